The third-order valence-corrected chi connectivity index (χ3v) is 4.07. The van der Waals surface area contributed by atoms with Crippen LogP contribution in [0.2, 0.25) is 0 Å². The first-order valence-electron chi connectivity index (χ1n) is 5.77. The van der Waals surface area contributed by atoms with E-state index in [4.69, 9.17) is 17.5 Å². The highest BCUT2D eigenvalue weighted by molar-refractivity contribution is 7.98. The van der Waals surface area contributed by atoms with E-state index in [0.29, 0.717) is 11.5 Å². The van der Waals surface area contributed by atoms with Crippen LogP contribution in [0.5, 0.6) is 0 Å². The number of hydrogen-bond donors (Lipinski definition) is 1. The predicted octanol–water partition coefficient (Wildman–Crippen LogP) is 3.57. The fourth-order valence-electron chi connectivity index (χ4n) is 2.05. The fraction of sp³-hybridized carbons (Fsp3) is 0.385. The molecule has 0 aliphatic carbocycles. The molecule has 0 spiro atoms. The summed E-state index contributed by atoms with van der Waals surface area (Å²) in [7, 11) is 0. The summed E-state index contributed by atoms with van der Waals surface area (Å²) >= 11 is 7.19. The number of fused-ring (bicyclic) bond motifs is 1. The molecule has 94 valence electrons. The number of nitrogens with zero attached hydrogens (tertiary/aromatic N) is 2. The molecule has 0 bridgehead atoms. The number of aromatic amines is 1. The molecule has 1 unspecified atom stereocenters. The summed E-state index contributed by atoms with van der Waals surface area (Å²) in [5.74, 6) is 1.66. The number of thioether (sulfide) groups is 1. The van der Waals surface area contributed by atoms with Gasteiger partial charge >= 0.3 is 0 Å². The average Bonchev–Trinajstić information content (AvgIpc) is 2.65. The Morgan fingerprint density at radius 1 is 1.56 bits per heavy atom. The van der Waals surface area contributed by atoms with E-state index < -0.39 is 0 Å². The molecule has 3 nitrogen and oxygen atoms in total. The highest BCUT2D eigenvalue weighted by atomic mass is 32.2. The summed E-state index contributed by atoms with van der Waals surface area (Å²) in [5, 5.41) is 8.96. The zero-order chi connectivity index (χ0) is 13.1. The second-order valence-corrected chi connectivity index (χ2v) is 5.74. The molecule has 0 aliphatic rings. The van der Waals surface area contributed by atoms with Gasteiger partial charge in [-0.3, -0.25) is 0 Å². The van der Waals surface area contributed by atoms with Crippen molar-refractivity contribution in [1.82, 2.24) is 9.55 Å². The zero-order valence-electron chi connectivity index (χ0n) is 10.4. The maximum absolute atomic E-state index is 8.96. The molecule has 2 rings (SSSR count). The molecule has 5 heteroatoms. The van der Waals surface area contributed by atoms with Crippen molar-refractivity contribution in [2.24, 2.45) is 5.92 Å². The number of aromatic nitrogens is 2. The summed E-state index contributed by atoms with van der Waals surface area (Å²) in [6.45, 7) is 3.10. The molecule has 0 fully saturated rings. The first kappa shape index (κ1) is 13.2. The number of nitrogens with one attached hydrogen (secondary N) is 1. The Morgan fingerprint density at radius 3 is 3.00 bits per heavy atom. The minimum absolute atomic E-state index is 0.552. The van der Waals surface area contributed by atoms with Crippen LogP contribution in [0.25, 0.3) is 11.0 Å². The van der Waals surface area contributed by atoms with Crippen LogP contribution in [0.1, 0.15) is 12.5 Å². The Hall–Kier alpha value is -1.25. The van der Waals surface area contributed by atoms with E-state index in [1.807, 2.05) is 30.0 Å². The summed E-state index contributed by atoms with van der Waals surface area (Å²) in [5.41, 5.74) is 2.69. The summed E-state index contributed by atoms with van der Waals surface area (Å²) in [6, 6.07) is 7.79. The minimum Gasteiger partial charge on any atom is -0.331 e. The lowest BCUT2D eigenvalue weighted by Gasteiger charge is -2.11. The molecule has 1 heterocycles. The molecule has 1 aromatic heterocycles. The van der Waals surface area contributed by atoms with Gasteiger partial charge in [-0.2, -0.15) is 17.0 Å². The molecule has 1 N–H and O–H groups in total. The highest BCUT2D eigenvalue weighted by Gasteiger charge is 2.09. The summed E-state index contributed by atoms with van der Waals surface area (Å²) in [6.07, 6.45) is 2.11. The number of benzene rings is 1. The molecular formula is C13H15N3S2. The third-order valence-electron chi connectivity index (χ3n) is 2.85. The van der Waals surface area contributed by atoms with E-state index in [1.54, 1.807) is 0 Å². The van der Waals surface area contributed by atoms with Gasteiger partial charge in [-0.05, 0) is 48.3 Å². The van der Waals surface area contributed by atoms with E-state index in [-0.39, 0.29) is 0 Å². The quantitative estimate of drug-likeness (QED) is 0.869. The zero-order valence-corrected chi connectivity index (χ0v) is 12.1. The van der Waals surface area contributed by atoms with Crippen molar-refractivity contribution in [1.29, 1.82) is 5.26 Å². The molecule has 0 saturated carbocycles. The molecule has 0 amide bonds. The Bertz CT molecular complexity index is 648. The minimum atomic E-state index is 0.552. The number of imidazole rings is 1. The number of nitriles is 1. The summed E-state index contributed by atoms with van der Waals surface area (Å²) < 4.78 is 2.82. The van der Waals surface area contributed by atoms with Gasteiger partial charge in [0.1, 0.15) is 0 Å². The monoisotopic (exact) mass is 277 g/mol. The Morgan fingerprint density at radius 2 is 2.33 bits per heavy atom. The van der Waals surface area contributed by atoms with Crippen molar-refractivity contribution >= 4 is 35.0 Å². The van der Waals surface area contributed by atoms with Gasteiger partial charge in [0, 0.05) is 6.54 Å². The van der Waals surface area contributed by atoms with E-state index in [2.05, 4.69) is 28.8 Å². The van der Waals surface area contributed by atoms with E-state index in [0.717, 1.165) is 28.1 Å². The predicted molar refractivity (Wildman–Crippen MR) is 79.4 cm³/mol. The van der Waals surface area contributed by atoms with Gasteiger partial charge in [0.2, 0.25) is 0 Å². The van der Waals surface area contributed by atoms with Crippen LogP contribution >= 0.6 is 24.0 Å². The maximum Gasteiger partial charge on any atom is 0.178 e. The first-order chi connectivity index (χ1) is 8.65. The van der Waals surface area contributed by atoms with Crippen molar-refractivity contribution < 1.29 is 0 Å². The van der Waals surface area contributed by atoms with Crippen LogP contribution in [-0.4, -0.2) is 21.6 Å². The van der Waals surface area contributed by atoms with Gasteiger partial charge in [0.15, 0.2) is 4.77 Å². The van der Waals surface area contributed by atoms with Crippen LogP contribution in [-0.2, 0) is 6.54 Å². The second-order valence-electron chi connectivity index (χ2n) is 4.45. The molecule has 18 heavy (non-hydrogen) atoms. The van der Waals surface area contributed by atoms with Crippen molar-refractivity contribution in [2.75, 3.05) is 12.0 Å². The lowest BCUT2D eigenvalue weighted by molar-refractivity contribution is 0.537. The van der Waals surface area contributed by atoms with Gasteiger partial charge < -0.3 is 9.55 Å². The lowest BCUT2D eigenvalue weighted by Crippen LogP contribution is -2.09. The van der Waals surface area contributed by atoms with Gasteiger partial charge in [-0.15, -0.1) is 0 Å². The number of rotatable bonds is 4. The van der Waals surface area contributed by atoms with Crippen molar-refractivity contribution in [3.05, 3.63) is 28.5 Å². The van der Waals surface area contributed by atoms with Crippen LogP contribution in [0.3, 0.4) is 0 Å². The molecule has 1 aromatic carbocycles. The fourth-order valence-corrected chi connectivity index (χ4v) is 3.01. The highest BCUT2D eigenvalue weighted by Crippen LogP contribution is 2.18. The number of H-pyrrole nitrogens is 1. The Labute approximate surface area is 116 Å². The van der Waals surface area contributed by atoms with Crippen LogP contribution in [0, 0.1) is 22.0 Å². The van der Waals surface area contributed by atoms with Crippen LogP contribution < -0.4 is 0 Å². The second kappa shape index (κ2) is 5.59. The standard InChI is InChI=1S/C13H15N3S2/c1-9(8-18-2)7-16-12-5-10(6-14)3-4-11(12)15-13(16)17/h3-5,9H,7-8H2,1-2H3,(H,15,17). The lowest BCUT2D eigenvalue weighted by atomic mass is 10.2. The topological polar surface area (TPSA) is 44.5 Å². The van der Waals surface area contributed by atoms with Gasteiger partial charge in [-0.25, -0.2) is 0 Å². The molecule has 1 atom stereocenters. The van der Waals surface area contributed by atoms with Crippen LogP contribution in [0.15, 0.2) is 18.2 Å². The van der Waals surface area contributed by atoms with Crippen LogP contribution in [0.4, 0.5) is 0 Å². The van der Waals surface area contributed by atoms with Crippen molar-refractivity contribution in [3.8, 4) is 6.07 Å². The molecule has 0 aliphatic heterocycles. The Kier molecular flexibility index (Phi) is 4.10. The third kappa shape index (κ3) is 2.60. The van der Waals surface area contributed by atoms with Crippen molar-refractivity contribution in [3.63, 3.8) is 0 Å². The van der Waals surface area contributed by atoms with Gasteiger partial charge in [0.25, 0.3) is 0 Å². The summed E-state index contributed by atoms with van der Waals surface area (Å²) in [4.78, 5) is 3.19. The first-order valence-corrected chi connectivity index (χ1v) is 7.57. The smallest absolute Gasteiger partial charge is 0.178 e. The van der Waals surface area contributed by atoms with Crippen molar-refractivity contribution in [2.45, 2.75) is 13.5 Å². The van der Waals surface area contributed by atoms with Gasteiger partial charge in [-0.1, -0.05) is 6.92 Å². The average molecular weight is 277 g/mol. The van der Waals surface area contributed by atoms with E-state index in [9.17, 15) is 0 Å². The Balaban J connectivity index is 2.46. The largest absolute Gasteiger partial charge is 0.331 e. The molecule has 2 aromatic rings. The molecule has 0 radical (unpaired) electrons. The van der Waals surface area contributed by atoms with Gasteiger partial charge in [0.05, 0.1) is 22.7 Å². The normalized spacial score (nSPS) is 12.5. The van der Waals surface area contributed by atoms with E-state index >= 15 is 0 Å². The molecular weight excluding hydrogens is 262 g/mol. The van der Waals surface area contributed by atoms with E-state index in [1.165, 1.54) is 0 Å². The SMILES string of the molecule is CSCC(C)Cn1c(=S)[nH]c2ccc(C#N)cc21. The number of hydrogen-bond acceptors (Lipinski definition) is 3. The molecule has 0 saturated heterocycles. The maximum atomic E-state index is 8.96.